The Morgan fingerprint density at radius 3 is 1.91 bits per heavy atom. The zero-order chi connectivity index (χ0) is 22.9. The molecule has 2 amide bonds. The molecule has 3 aliphatic carbocycles. The monoisotopic (exact) mass is 503 g/mol. The number of ether oxygens (including phenoxy) is 2. The summed E-state index contributed by atoms with van der Waals surface area (Å²) in [5.74, 6) is -1.74. The molecule has 0 radical (unpaired) electrons. The van der Waals surface area contributed by atoms with E-state index in [-0.39, 0.29) is 17.7 Å². The standard InChI is InChI=1S/C27H22BrNO4/c1-32-26(33-2)27-19-9-5-3-7-17(19)21(18-8-4-6-10-20(18)27)22-23(27)25(31)29(24(22)30)16-13-11-15(28)12-14-16/h3-14,21-23,26H,1-2H3/t21?,22-,23+,27?/m0/s1. The molecule has 1 heterocycles. The van der Waals surface area contributed by atoms with Crippen LogP contribution in [0.5, 0.6) is 0 Å². The molecule has 1 saturated heterocycles. The van der Waals surface area contributed by atoms with E-state index in [0.29, 0.717) is 5.69 Å². The number of imide groups is 1. The summed E-state index contributed by atoms with van der Waals surface area (Å²) in [5, 5.41) is 0. The van der Waals surface area contributed by atoms with Crippen molar-refractivity contribution in [1.82, 2.24) is 0 Å². The van der Waals surface area contributed by atoms with Crippen LogP contribution < -0.4 is 4.90 Å². The van der Waals surface area contributed by atoms with Gasteiger partial charge >= 0.3 is 0 Å². The fourth-order valence-electron chi connectivity index (χ4n) is 6.54. The highest BCUT2D eigenvalue weighted by Gasteiger charge is 2.71. The van der Waals surface area contributed by atoms with Gasteiger partial charge < -0.3 is 9.47 Å². The summed E-state index contributed by atoms with van der Waals surface area (Å²) in [6.45, 7) is 0. The van der Waals surface area contributed by atoms with Crippen molar-refractivity contribution >= 4 is 33.4 Å². The average Bonchev–Trinajstić information content (AvgIpc) is 3.12. The molecule has 1 fully saturated rings. The number of anilines is 1. The fraction of sp³-hybridized carbons (Fsp3) is 0.259. The molecule has 0 N–H and O–H groups in total. The van der Waals surface area contributed by atoms with Crippen LogP contribution in [0.2, 0.25) is 0 Å². The molecule has 0 aromatic heterocycles. The third-order valence-corrected chi connectivity index (χ3v) is 8.10. The average molecular weight is 504 g/mol. The van der Waals surface area contributed by atoms with Gasteiger partial charge in [-0.2, -0.15) is 0 Å². The van der Waals surface area contributed by atoms with Gasteiger partial charge in [0.25, 0.3) is 0 Å². The van der Waals surface area contributed by atoms with E-state index in [4.69, 9.17) is 9.47 Å². The van der Waals surface area contributed by atoms with Crippen LogP contribution in [-0.2, 0) is 24.5 Å². The predicted octanol–water partition coefficient (Wildman–Crippen LogP) is 4.62. The van der Waals surface area contributed by atoms with Gasteiger partial charge in [-0.25, -0.2) is 4.90 Å². The molecule has 3 aromatic carbocycles. The van der Waals surface area contributed by atoms with Gasteiger partial charge in [-0.15, -0.1) is 0 Å². The zero-order valence-corrected chi connectivity index (χ0v) is 19.8. The molecule has 0 unspecified atom stereocenters. The molecule has 166 valence electrons. The molecule has 2 atom stereocenters. The van der Waals surface area contributed by atoms with E-state index in [2.05, 4.69) is 40.2 Å². The molecular formula is C27H22BrNO4. The van der Waals surface area contributed by atoms with Crippen LogP contribution in [0, 0.1) is 11.8 Å². The van der Waals surface area contributed by atoms with Crippen molar-refractivity contribution in [3.8, 4) is 0 Å². The molecule has 5 nitrogen and oxygen atoms in total. The fourth-order valence-corrected chi connectivity index (χ4v) is 6.81. The first-order valence-electron chi connectivity index (χ1n) is 10.9. The van der Waals surface area contributed by atoms with Crippen LogP contribution in [0.4, 0.5) is 5.69 Å². The lowest BCUT2D eigenvalue weighted by Crippen LogP contribution is -2.60. The molecule has 0 saturated carbocycles. The van der Waals surface area contributed by atoms with Crippen molar-refractivity contribution in [2.24, 2.45) is 11.8 Å². The molecule has 4 aliphatic rings. The number of benzene rings is 3. The van der Waals surface area contributed by atoms with Crippen LogP contribution in [0.25, 0.3) is 0 Å². The van der Waals surface area contributed by atoms with Crippen LogP contribution >= 0.6 is 15.9 Å². The predicted molar refractivity (Wildman–Crippen MR) is 127 cm³/mol. The summed E-state index contributed by atoms with van der Waals surface area (Å²) < 4.78 is 12.7. The largest absolute Gasteiger partial charge is 0.355 e. The first-order chi connectivity index (χ1) is 16.1. The summed E-state index contributed by atoms with van der Waals surface area (Å²) in [4.78, 5) is 29.5. The maximum atomic E-state index is 14.2. The van der Waals surface area contributed by atoms with E-state index in [9.17, 15) is 9.59 Å². The van der Waals surface area contributed by atoms with Gasteiger partial charge in [-0.3, -0.25) is 9.59 Å². The van der Waals surface area contributed by atoms with Gasteiger partial charge in [-0.1, -0.05) is 64.5 Å². The molecule has 7 rings (SSSR count). The van der Waals surface area contributed by atoms with E-state index in [0.717, 1.165) is 26.7 Å². The molecule has 1 aliphatic heterocycles. The van der Waals surface area contributed by atoms with E-state index >= 15 is 0 Å². The number of amides is 2. The number of methoxy groups -OCH3 is 2. The zero-order valence-electron chi connectivity index (χ0n) is 18.2. The van der Waals surface area contributed by atoms with Gasteiger partial charge in [-0.05, 0) is 46.5 Å². The number of hydrogen-bond acceptors (Lipinski definition) is 4. The quantitative estimate of drug-likeness (QED) is 0.385. The minimum atomic E-state index is -0.938. The molecule has 0 spiro atoms. The van der Waals surface area contributed by atoms with Crippen molar-refractivity contribution in [1.29, 1.82) is 0 Å². The molecule has 3 aromatic rings. The highest BCUT2D eigenvalue weighted by molar-refractivity contribution is 9.10. The van der Waals surface area contributed by atoms with Crippen molar-refractivity contribution in [3.05, 3.63) is 99.5 Å². The number of rotatable bonds is 4. The number of halogens is 1. The molecule has 33 heavy (non-hydrogen) atoms. The molecular weight excluding hydrogens is 482 g/mol. The minimum absolute atomic E-state index is 0.170. The third-order valence-electron chi connectivity index (χ3n) is 7.57. The van der Waals surface area contributed by atoms with Crippen molar-refractivity contribution < 1.29 is 19.1 Å². The normalized spacial score (nSPS) is 27.0. The van der Waals surface area contributed by atoms with Crippen molar-refractivity contribution in [3.63, 3.8) is 0 Å². The summed E-state index contributed by atoms with van der Waals surface area (Å²) in [7, 11) is 3.19. The lowest BCUT2D eigenvalue weighted by atomic mass is 9.47. The Kier molecular flexibility index (Phi) is 4.63. The molecule has 6 heteroatoms. The van der Waals surface area contributed by atoms with Gasteiger partial charge in [0.15, 0.2) is 6.29 Å². The summed E-state index contributed by atoms with van der Waals surface area (Å²) in [6.07, 6.45) is -0.741. The first kappa shape index (κ1) is 20.8. The van der Waals surface area contributed by atoms with E-state index in [1.54, 1.807) is 26.4 Å². The van der Waals surface area contributed by atoms with Gasteiger partial charge in [0.05, 0.1) is 22.9 Å². The van der Waals surface area contributed by atoms with E-state index in [1.165, 1.54) is 4.90 Å². The van der Waals surface area contributed by atoms with Crippen LogP contribution in [0.15, 0.2) is 77.3 Å². The topological polar surface area (TPSA) is 55.8 Å². The highest BCUT2D eigenvalue weighted by Crippen LogP contribution is 2.65. The Morgan fingerprint density at radius 2 is 1.36 bits per heavy atom. The minimum Gasteiger partial charge on any atom is -0.355 e. The third kappa shape index (κ3) is 2.49. The Labute approximate surface area is 200 Å². The lowest BCUT2D eigenvalue weighted by Gasteiger charge is -2.56. The second-order valence-electron chi connectivity index (χ2n) is 8.82. The van der Waals surface area contributed by atoms with E-state index < -0.39 is 23.5 Å². The first-order valence-corrected chi connectivity index (χ1v) is 11.7. The Bertz CT molecular complexity index is 1240. The Morgan fingerprint density at radius 1 is 0.818 bits per heavy atom. The number of hydrogen-bond donors (Lipinski definition) is 0. The van der Waals surface area contributed by atoms with Crippen LogP contribution in [0.1, 0.15) is 28.2 Å². The second kappa shape index (κ2) is 7.35. The van der Waals surface area contributed by atoms with Crippen molar-refractivity contribution in [2.75, 3.05) is 19.1 Å². The smallest absolute Gasteiger partial charge is 0.239 e. The summed E-state index contributed by atoms with van der Waals surface area (Å²) in [6, 6.07) is 23.5. The van der Waals surface area contributed by atoms with Gasteiger partial charge in [0.2, 0.25) is 11.8 Å². The summed E-state index contributed by atoms with van der Waals surface area (Å²) >= 11 is 3.44. The second-order valence-corrected chi connectivity index (χ2v) is 9.73. The SMILES string of the molecule is COC(OC)C12c3ccccc3C(c3ccccc31)[C@@H]1C(=O)N(c3ccc(Br)cc3)C(=O)[C@@H]12. The number of carbonyl (C=O) groups is 2. The Balaban J connectivity index is 1.67. The number of carbonyl (C=O) groups excluding carboxylic acids is 2. The molecule has 2 bridgehead atoms. The van der Waals surface area contributed by atoms with Crippen molar-refractivity contribution in [2.45, 2.75) is 17.6 Å². The highest BCUT2D eigenvalue weighted by atomic mass is 79.9. The van der Waals surface area contributed by atoms with E-state index in [1.807, 2.05) is 36.4 Å². The number of nitrogens with zero attached hydrogens (tertiary/aromatic N) is 1. The van der Waals surface area contributed by atoms with Crippen LogP contribution in [0.3, 0.4) is 0 Å². The van der Waals surface area contributed by atoms with Crippen LogP contribution in [-0.4, -0.2) is 32.3 Å². The van der Waals surface area contributed by atoms with Gasteiger partial charge in [0.1, 0.15) is 0 Å². The summed E-state index contributed by atoms with van der Waals surface area (Å²) in [5.41, 5.74) is 3.78. The van der Waals surface area contributed by atoms with Gasteiger partial charge in [0, 0.05) is 24.6 Å². The maximum absolute atomic E-state index is 14.2. The lowest BCUT2D eigenvalue weighted by molar-refractivity contribution is -0.168. The Hall–Kier alpha value is -2.80. The maximum Gasteiger partial charge on any atom is 0.239 e.